The molecule has 1 N–H and O–H groups in total. The molecule has 9 heteroatoms. The summed E-state index contributed by atoms with van der Waals surface area (Å²) in [5, 5.41) is 0. The van der Waals surface area contributed by atoms with Crippen LogP contribution in [0, 0.1) is 11.3 Å². The Morgan fingerprint density at radius 2 is 2.41 bits per heavy atom. The van der Waals surface area contributed by atoms with Gasteiger partial charge in [-0.05, 0) is 6.07 Å². The van der Waals surface area contributed by atoms with Crippen molar-refractivity contribution in [2.24, 2.45) is 11.3 Å². The summed E-state index contributed by atoms with van der Waals surface area (Å²) in [6.45, 7) is 2.29. The molecule has 0 aromatic carbocycles. The number of amides is 1. The third-order valence-corrected chi connectivity index (χ3v) is 4.96. The monoisotopic (exact) mass is 326 g/mol. The highest BCUT2D eigenvalue weighted by Crippen LogP contribution is 2.41. The lowest BCUT2D eigenvalue weighted by Crippen LogP contribution is -2.43. The smallest absolute Gasteiger partial charge is 0.272 e. The number of aromatic nitrogens is 2. The topological polar surface area (TPSA) is 101 Å². The van der Waals surface area contributed by atoms with Gasteiger partial charge >= 0.3 is 0 Å². The zero-order chi connectivity index (χ0) is 15.8. The number of nitrogens with zero attached hydrogens (tertiary/aromatic N) is 3. The van der Waals surface area contributed by atoms with E-state index in [-0.39, 0.29) is 23.8 Å². The molecule has 2 atom stereocenters. The van der Waals surface area contributed by atoms with E-state index < -0.39 is 10.0 Å². The zero-order valence-corrected chi connectivity index (χ0v) is 13.0. The standard InChI is InChI=1S/C13H18N4O4S/c1-22(19,20)16-6-13-7-17(4-10(13)5-21-8-13)12(18)11-2-3-14-9-15-11/h2-3,9-10,16H,4-8H2,1H3/t10-,13+/m0/s1. The summed E-state index contributed by atoms with van der Waals surface area (Å²) >= 11 is 0. The van der Waals surface area contributed by atoms with Gasteiger partial charge in [0.15, 0.2) is 0 Å². The molecule has 0 unspecified atom stereocenters. The molecule has 1 aromatic heterocycles. The van der Waals surface area contributed by atoms with Gasteiger partial charge in [0, 0.05) is 37.2 Å². The molecule has 0 radical (unpaired) electrons. The number of nitrogens with one attached hydrogen (secondary N) is 1. The summed E-state index contributed by atoms with van der Waals surface area (Å²) in [7, 11) is -3.27. The SMILES string of the molecule is CS(=O)(=O)NC[C@@]12COC[C@@H]1CN(C(=O)c1ccncn1)C2. The molecule has 2 aliphatic rings. The number of hydrogen-bond donors (Lipinski definition) is 1. The average molecular weight is 326 g/mol. The molecule has 2 saturated heterocycles. The Labute approximate surface area is 128 Å². The van der Waals surface area contributed by atoms with Gasteiger partial charge in [-0.25, -0.2) is 23.1 Å². The van der Waals surface area contributed by atoms with E-state index in [4.69, 9.17) is 4.74 Å². The second-order valence-electron chi connectivity index (χ2n) is 5.95. The van der Waals surface area contributed by atoms with Gasteiger partial charge in [-0.1, -0.05) is 0 Å². The Morgan fingerprint density at radius 3 is 3.09 bits per heavy atom. The lowest BCUT2D eigenvalue weighted by Gasteiger charge is -2.26. The second-order valence-corrected chi connectivity index (χ2v) is 7.78. The zero-order valence-electron chi connectivity index (χ0n) is 12.2. The van der Waals surface area contributed by atoms with E-state index in [1.807, 2.05) is 0 Å². The van der Waals surface area contributed by atoms with Crippen molar-refractivity contribution in [1.29, 1.82) is 0 Å². The third kappa shape index (κ3) is 2.96. The number of hydrogen-bond acceptors (Lipinski definition) is 6. The van der Waals surface area contributed by atoms with Gasteiger partial charge in [-0.2, -0.15) is 0 Å². The second kappa shape index (κ2) is 5.56. The Morgan fingerprint density at radius 1 is 1.59 bits per heavy atom. The normalized spacial score (nSPS) is 27.9. The maximum Gasteiger partial charge on any atom is 0.272 e. The fraction of sp³-hybridized carbons (Fsp3) is 0.615. The lowest BCUT2D eigenvalue weighted by atomic mass is 9.81. The predicted octanol–water partition coefficient (Wildman–Crippen LogP) is -0.886. The van der Waals surface area contributed by atoms with Crippen molar-refractivity contribution in [1.82, 2.24) is 19.6 Å². The van der Waals surface area contributed by atoms with E-state index in [0.29, 0.717) is 32.0 Å². The predicted molar refractivity (Wildman–Crippen MR) is 77.5 cm³/mol. The summed E-state index contributed by atoms with van der Waals surface area (Å²) in [5.74, 6) is -0.0249. The number of ether oxygens (including phenoxy) is 1. The molecular weight excluding hydrogens is 308 g/mol. The first kappa shape index (κ1) is 15.3. The first-order chi connectivity index (χ1) is 10.4. The molecule has 0 spiro atoms. The Kier molecular flexibility index (Phi) is 3.87. The van der Waals surface area contributed by atoms with Crippen molar-refractivity contribution < 1.29 is 17.9 Å². The van der Waals surface area contributed by atoms with Gasteiger partial charge in [0.1, 0.15) is 12.0 Å². The molecule has 2 fully saturated rings. The van der Waals surface area contributed by atoms with E-state index in [2.05, 4.69) is 14.7 Å². The molecule has 0 bridgehead atoms. The largest absolute Gasteiger partial charge is 0.380 e. The van der Waals surface area contributed by atoms with Crippen LogP contribution in [0.4, 0.5) is 0 Å². The van der Waals surface area contributed by atoms with Gasteiger partial charge in [0.25, 0.3) is 5.91 Å². The van der Waals surface area contributed by atoms with E-state index in [9.17, 15) is 13.2 Å². The lowest BCUT2D eigenvalue weighted by molar-refractivity contribution is 0.0716. The van der Waals surface area contributed by atoms with Crippen molar-refractivity contribution >= 4 is 15.9 Å². The summed E-state index contributed by atoms with van der Waals surface area (Å²) in [6.07, 6.45) is 4.00. The number of sulfonamides is 1. The molecule has 3 rings (SSSR count). The van der Waals surface area contributed by atoms with Crippen molar-refractivity contribution in [3.8, 4) is 0 Å². The summed E-state index contributed by atoms with van der Waals surface area (Å²) in [5.41, 5.74) is -0.00621. The van der Waals surface area contributed by atoms with E-state index in [0.717, 1.165) is 6.26 Å². The Bertz CT molecular complexity index is 666. The highest BCUT2D eigenvalue weighted by atomic mass is 32.2. The van der Waals surface area contributed by atoms with Crippen molar-refractivity contribution in [3.05, 3.63) is 24.3 Å². The fourth-order valence-electron chi connectivity index (χ4n) is 3.09. The van der Waals surface area contributed by atoms with Crippen LogP contribution in [0.15, 0.2) is 18.6 Å². The molecule has 22 heavy (non-hydrogen) atoms. The highest BCUT2D eigenvalue weighted by Gasteiger charge is 2.52. The average Bonchev–Trinajstić information content (AvgIpc) is 3.02. The number of carbonyl (C=O) groups is 1. The first-order valence-electron chi connectivity index (χ1n) is 6.97. The van der Waals surface area contributed by atoms with Crippen LogP contribution in [-0.2, 0) is 14.8 Å². The fourth-order valence-corrected chi connectivity index (χ4v) is 3.64. The maximum atomic E-state index is 12.5. The molecular formula is C13H18N4O4S. The first-order valence-corrected chi connectivity index (χ1v) is 8.86. The number of carbonyl (C=O) groups excluding carboxylic acids is 1. The highest BCUT2D eigenvalue weighted by molar-refractivity contribution is 7.88. The van der Waals surface area contributed by atoms with Crippen LogP contribution < -0.4 is 4.72 Å². The van der Waals surface area contributed by atoms with Crippen LogP contribution in [0.5, 0.6) is 0 Å². The van der Waals surface area contributed by atoms with Gasteiger partial charge < -0.3 is 9.64 Å². The summed E-state index contributed by atoms with van der Waals surface area (Å²) in [4.78, 5) is 22.0. The van der Waals surface area contributed by atoms with Crippen LogP contribution in [0.3, 0.4) is 0 Å². The van der Waals surface area contributed by atoms with E-state index >= 15 is 0 Å². The van der Waals surface area contributed by atoms with E-state index in [1.54, 1.807) is 11.0 Å². The molecule has 0 saturated carbocycles. The van der Waals surface area contributed by atoms with Crippen molar-refractivity contribution in [2.45, 2.75) is 0 Å². The van der Waals surface area contributed by atoms with Crippen LogP contribution in [0.1, 0.15) is 10.5 Å². The van der Waals surface area contributed by atoms with Gasteiger partial charge in [-0.3, -0.25) is 4.79 Å². The summed E-state index contributed by atoms with van der Waals surface area (Å²) in [6, 6.07) is 1.58. The molecule has 1 amide bonds. The Hall–Kier alpha value is -1.58. The molecule has 8 nitrogen and oxygen atoms in total. The van der Waals surface area contributed by atoms with Crippen LogP contribution in [-0.4, -0.2) is 68.3 Å². The minimum atomic E-state index is -3.27. The van der Waals surface area contributed by atoms with Crippen LogP contribution in [0.25, 0.3) is 0 Å². The van der Waals surface area contributed by atoms with Gasteiger partial charge in [0.2, 0.25) is 10.0 Å². The van der Waals surface area contributed by atoms with Crippen molar-refractivity contribution in [3.63, 3.8) is 0 Å². The molecule has 2 aliphatic heterocycles. The molecule has 3 heterocycles. The molecule has 0 aliphatic carbocycles. The molecule has 120 valence electrons. The Balaban J connectivity index is 1.75. The minimum absolute atomic E-state index is 0.132. The maximum absolute atomic E-state index is 12.5. The number of fused-ring (bicyclic) bond motifs is 1. The third-order valence-electron chi connectivity index (χ3n) is 4.30. The van der Waals surface area contributed by atoms with Gasteiger partial charge in [-0.15, -0.1) is 0 Å². The number of rotatable bonds is 4. The molecule has 1 aromatic rings. The summed E-state index contributed by atoms with van der Waals surface area (Å²) < 4.78 is 30.8. The van der Waals surface area contributed by atoms with E-state index in [1.165, 1.54) is 12.5 Å². The van der Waals surface area contributed by atoms with Crippen LogP contribution >= 0.6 is 0 Å². The van der Waals surface area contributed by atoms with Crippen molar-refractivity contribution in [2.75, 3.05) is 39.1 Å². The number of likely N-dealkylation sites (tertiary alicyclic amines) is 1. The van der Waals surface area contributed by atoms with Gasteiger partial charge in [0.05, 0.1) is 19.5 Å². The minimum Gasteiger partial charge on any atom is -0.380 e. The van der Waals surface area contributed by atoms with Crippen LogP contribution in [0.2, 0.25) is 0 Å². The quantitative estimate of drug-likeness (QED) is 0.770.